The van der Waals surface area contributed by atoms with E-state index in [1.807, 2.05) is 0 Å². The molecule has 72 valence electrons. The van der Waals surface area contributed by atoms with Crippen LogP contribution in [0.4, 0.5) is 0 Å². The standard InChI is InChI=1S/C8H12N2O3/c9-4-6(11)8-5(1-2-10-8)3-7(12)13/h1-2,6,10-11H,3-4,9H2,(H,12,13). The number of hydrogen-bond acceptors (Lipinski definition) is 3. The Labute approximate surface area is 75.2 Å². The molecule has 1 aromatic rings. The Balaban J connectivity index is 2.82. The summed E-state index contributed by atoms with van der Waals surface area (Å²) in [6, 6.07) is 1.63. The Morgan fingerprint density at radius 1 is 1.69 bits per heavy atom. The number of carboxylic acid groups (broad SMARTS) is 1. The lowest BCUT2D eigenvalue weighted by Crippen LogP contribution is -2.14. The van der Waals surface area contributed by atoms with Gasteiger partial charge in [-0.05, 0) is 11.6 Å². The highest BCUT2D eigenvalue weighted by Crippen LogP contribution is 2.15. The number of aliphatic hydroxyl groups is 1. The molecule has 0 amide bonds. The third-order valence-corrected chi connectivity index (χ3v) is 1.77. The summed E-state index contributed by atoms with van der Waals surface area (Å²) in [5, 5.41) is 17.9. The first-order chi connectivity index (χ1) is 6.15. The second kappa shape index (κ2) is 4.06. The van der Waals surface area contributed by atoms with Gasteiger partial charge in [-0.2, -0.15) is 0 Å². The molecule has 0 saturated heterocycles. The average Bonchev–Trinajstić information content (AvgIpc) is 2.50. The van der Waals surface area contributed by atoms with Gasteiger partial charge in [0, 0.05) is 18.4 Å². The van der Waals surface area contributed by atoms with Crippen molar-refractivity contribution in [3.8, 4) is 0 Å². The van der Waals surface area contributed by atoms with Crippen LogP contribution in [0, 0.1) is 0 Å². The zero-order valence-electron chi connectivity index (χ0n) is 7.03. The van der Waals surface area contributed by atoms with Crippen molar-refractivity contribution in [2.24, 2.45) is 5.73 Å². The van der Waals surface area contributed by atoms with E-state index in [2.05, 4.69) is 4.98 Å². The van der Waals surface area contributed by atoms with Gasteiger partial charge in [0.15, 0.2) is 0 Å². The highest BCUT2D eigenvalue weighted by molar-refractivity contribution is 5.70. The van der Waals surface area contributed by atoms with Crippen LogP contribution in [-0.4, -0.2) is 27.7 Å². The van der Waals surface area contributed by atoms with Gasteiger partial charge >= 0.3 is 5.97 Å². The monoisotopic (exact) mass is 184 g/mol. The van der Waals surface area contributed by atoms with Crippen molar-refractivity contribution in [2.75, 3.05) is 6.54 Å². The summed E-state index contributed by atoms with van der Waals surface area (Å²) >= 11 is 0. The Morgan fingerprint density at radius 2 is 2.38 bits per heavy atom. The van der Waals surface area contributed by atoms with Gasteiger partial charge in [0.2, 0.25) is 0 Å². The molecule has 0 bridgehead atoms. The maximum Gasteiger partial charge on any atom is 0.307 e. The summed E-state index contributed by atoms with van der Waals surface area (Å²) < 4.78 is 0. The molecule has 0 fully saturated rings. The molecule has 0 aliphatic rings. The Morgan fingerprint density at radius 3 is 2.92 bits per heavy atom. The van der Waals surface area contributed by atoms with E-state index < -0.39 is 12.1 Å². The topological polar surface area (TPSA) is 99.3 Å². The molecule has 0 spiro atoms. The molecule has 0 aliphatic heterocycles. The van der Waals surface area contributed by atoms with E-state index >= 15 is 0 Å². The van der Waals surface area contributed by atoms with Gasteiger partial charge in [-0.15, -0.1) is 0 Å². The SMILES string of the molecule is NCC(O)c1[nH]ccc1CC(=O)O. The van der Waals surface area contributed by atoms with E-state index in [1.165, 1.54) is 0 Å². The number of H-pyrrole nitrogens is 1. The minimum absolute atomic E-state index is 0.0765. The second-order valence-electron chi connectivity index (χ2n) is 2.74. The molecule has 1 rings (SSSR count). The van der Waals surface area contributed by atoms with Gasteiger partial charge in [-0.1, -0.05) is 0 Å². The minimum atomic E-state index is -0.926. The summed E-state index contributed by atoms with van der Waals surface area (Å²) in [6.07, 6.45) is 0.673. The summed E-state index contributed by atoms with van der Waals surface area (Å²) in [7, 11) is 0. The molecule has 5 N–H and O–H groups in total. The van der Waals surface area contributed by atoms with E-state index in [0.717, 1.165) is 0 Å². The van der Waals surface area contributed by atoms with E-state index in [1.54, 1.807) is 12.3 Å². The van der Waals surface area contributed by atoms with Crippen molar-refractivity contribution < 1.29 is 15.0 Å². The maximum atomic E-state index is 10.4. The average molecular weight is 184 g/mol. The summed E-state index contributed by atoms with van der Waals surface area (Å²) in [6.45, 7) is 0.0765. The molecule has 1 unspecified atom stereocenters. The fraction of sp³-hybridized carbons (Fsp3) is 0.375. The number of carboxylic acids is 1. The zero-order chi connectivity index (χ0) is 9.84. The Hall–Kier alpha value is -1.33. The van der Waals surface area contributed by atoms with Crippen LogP contribution in [0.25, 0.3) is 0 Å². The summed E-state index contributed by atoms with van der Waals surface area (Å²) in [5.74, 6) is -0.926. The lowest BCUT2D eigenvalue weighted by molar-refractivity contribution is -0.136. The largest absolute Gasteiger partial charge is 0.481 e. The number of aromatic nitrogens is 1. The van der Waals surface area contributed by atoms with Gasteiger partial charge in [0.25, 0.3) is 0 Å². The lowest BCUT2D eigenvalue weighted by Gasteiger charge is -2.07. The van der Waals surface area contributed by atoms with Crippen molar-refractivity contribution in [3.05, 3.63) is 23.5 Å². The van der Waals surface area contributed by atoms with Gasteiger partial charge < -0.3 is 20.9 Å². The van der Waals surface area contributed by atoms with Crippen LogP contribution in [-0.2, 0) is 11.2 Å². The highest BCUT2D eigenvalue weighted by Gasteiger charge is 2.13. The molecule has 1 atom stereocenters. The van der Waals surface area contributed by atoms with E-state index in [-0.39, 0.29) is 13.0 Å². The van der Waals surface area contributed by atoms with Gasteiger partial charge in [-0.25, -0.2) is 0 Å². The number of carbonyl (C=O) groups is 1. The van der Waals surface area contributed by atoms with Gasteiger partial charge in [-0.3, -0.25) is 4.79 Å². The van der Waals surface area contributed by atoms with Crippen molar-refractivity contribution >= 4 is 5.97 Å². The van der Waals surface area contributed by atoms with Crippen LogP contribution >= 0.6 is 0 Å². The van der Waals surface area contributed by atoms with E-state index in [9.17, 15) is 9.90 Å². The van der Waals surface area contributed by atoms with Crippen molar-refractivity contribution in [2.45, 2.75) is 12.5 Å². The van der Waals surface area contributed by atoms with Crippen LogP contribution < -0.4 is 5.73 Å². The Kier molecular flexibility index (Phi) is 3.05. The second-order valence-corrected chi connectivity index (χ2v) is 2.74. The molecule has 5 nitrogen and oxygen atoms in total. The lowest BCUT2D eigenvalue weighted by atomic mass is 10.1. The summed E-state index contributed by atoms with van der Waals surface area (Å²) in [5.41, 5.74) is 6.31. The molecule has 1 heterocycles. The molecule has 0 aliphatic carbocycles. The maximum absolute atomic E-state index is 10.4. The van der Waals surface area contributed by atoms with Crippen molar-refractivity contribution in [3.63, 3.8) is 0 Å². The predicted octanol–water partition coefficient (Wildman–Crippen LogP) is -0.366. The van der Waals surface area contributed by atoms with E-state index in [4.69, 9.17) is 10.8 Å². The third kappa shape index (κ3) is 2.30. The van der Waals surface area contributed by atoms with Crippen molar-refractivity contribution in [1.82, 2.24) is 4.98 Å². The van der Waals surface area contributed by atoms with Crippen molar-refractivity contribution in [1.29, 1.82) is 0 Å². The fourth-order valence-electron chi connectivity index (χ4n) is 1.16. The zero-order valence-corrected chi connectivity index (χ0v) is 7.03. The van der Waals surface area contributed by atoms with Crippen LogP contribution in [0.5, 0.6) is 0 Å². The van der Waals surface area contributed by atoms with Crippen LogP contribution in [0.1, 0.15) is 17.4 Å². The predicted molar refractivity (Wildman–Crippen MR) is 46.1 cm³/mol. The quantitative estimate of drug-likeness (QED) is 0.513. The molecular weight excluding hydrogens is 172 g/mol. The van der Waals surface area contributed by atoms with Gasteiger partial charge in [0.05, 0.1) is 6.42 Å². The summed E-state index contributed by atoms with van der Waals surface area (Å²) in [4.78, 5) is 13.2. The molecule has 0 radical (unpaired) electrons. The molecule has 0 aromatic carbocycles. The highest BCUT2D eigenvalue weighted by atomic mass is 16.4. The normalized spacial score (nSPS) is 12.8. The smallest absolute Gasteiger partial charge is 0.307 e. The molecule has 13 heavy (non-hydrogen) atoms. The van der Waals surface area contributed by atoms with E-state index in [0.29, 0.717) is 11.3 Å². The molecule has 1 aromatic heterocycles. The Bertz CT molecular complexity index is 295. The fourth-order valence-corrected chi connectivity index (χ4v) is 1.16. The number of aliphatic carboxylic acids is 1. The molecule has 0 saturated carbocycles. The third-order valence-electron chi connectivity index (χ3n) is 1.77. The molecule has 5 heteroatoms. The molecular formula is C8H12N2O3. The van der Waals surface area contributed by atoms with Gasteiger partial charge in [0.1, 0.15) is 6.10 Å². The number of nitrogens with two attached hydrogens (primary N) is 1. The first-order valence-corrected chi connectivity index (χ1v) is 3.91. The number of nitrogens with one attached hydrogen (secondary N) is 1. The minimum Gasteiger partial charge on any atom is -0.481 e. The number of aromatic amines is 1. The first kappa shape index (κ1) is 9.76. The van der Waals surface area contributed by atoms with Crippen LogP contribution in [0.15, 0.2) is 12.3 Å². The van der Waals surface area contributed by atoms with Crippen LogP contribution in [0.3, 0.4) is 0 Å². The number of hydrogen-bond donors (Lipinski definition) is 4. The van der Waals surface area contributed by atoms with Crippen LogP contribution in [0.2, 0.25) is 0 Å². The first-order valence-electron chi connectivity index (χ1n) is 3.91. The number of aliphatic hydroxyl groups excluding tert-OH is 1. The number of rotatable bonds is 4.